The third kappa shape index (κ3) is 2.23. The van der Waals surface area contributed by atoms with Crippen LogP contribution in [0, 0.1) is 0 Å². The topological polar surface area (TPSA) is 58.8 Å². The first-order valence-electron chi connectivity index (χ1n) is 5.66. The second-order valence-corrected chi connectivity index (χ2v) is 4.11. The van der Waals surface area contributed by atoms with Gasteiger partial charge in [0.15, 0.2) is 0 Å². The number of nitrogens with zero attached hydrogens (tertiary/aromatic N) is 2. The number of urea groups is 1. The lowest BCUT2D eigenvalue weighted by molar-refractivity contribution is 0.0425. The predicted molar refractivity (Wildman–Crippen MR) is 56.6 cm³/mol. The Kier molecular flexibility index (Phi) is 3.43. The summed E-state index contributed by atoms with van der Waals surface area (Å²) in [7, 11) is 0. The highest BCUT2D eigenvalue weighted by Crippen LogP contribution is 2.18. The maximum absolute atomic E-state index is 12.1. The molecule has 5 heteroatoms. The molecule has 0 saturated carbocycles. The van der Waals surface area contributed by atoms with Crippen molar-refractivity contribution in [2.75, 3.05) is 39.4 Å². The van der Waals surface area contributed by atoms with E-state index in [4.69, 9.17) is 10.5 Å². The average molecular weight is 213 g/mol. The maximum Gasteiger partial charge on any atom is 0.320 e. The van der Waals surface area contributed by atoms with Crippen LogP contribution >= 0.6 is 0 Å². The van der Waals surface area contributed by atoms with Gasteiger partial charge in [-0.1, -0.05) is 0 Å². The van der Waals surface area contributed by atoms with Gasteiger partial charge in [-0.3, -0.25) is 0 Å². The molecule has 0 aliphatic carbocycles. The first-order valence-corrected chi connectivity index (χ1v) is 5.66. The Morgan fingerprint density at radius 1 is 1.33 bits per heavy atom. The number of amides is 2. The van der Waals surface area contributed by atoms with Gasteiger partial charge in [0.25, 0.3) is 0 Å². The molecule has 2 saturated heterocycles. The van der Waals surface area contributed by atoms with E-state index < -0.39 is 0 Å². The van der Waals surface area contributed by atoms with Crippen molar-refractivity contribution in [3.63, 3.8) is 0 Å². The molecule has 86 valence electrons. The van der Waals surface area contributed by atoms with Crippen molar-refractivity contribution in [3.8, 4) is 0 Å². The van der Waals surface area contributed by atoms with Gasteiger partial charge in [0.2, 0.25) is 0 Å². The van der Waals surface area contributed by atoms with Crippen molar-refractivity contribution >= 4 is 6.03 Å². The number of carbonyl (C=O) groups is 1. The SMILES string of the molecule is NCC1CCCN1C(=O)N1CCOCC1. The number of morpholine rings is 1. The molecular formula is C10H19N3O2. The lowest BCUT2D eigenvalue weighted by Crippen LogP contribution is -2.51. The Balaban J connectivity index is 1.93. The van der Waals surface area contributed by atoms with E-state index in [0.717, 1.165) is 19.4 Å². The van der Waals surface area contributed by atoms with E-state index in [1.165, 1.54) is 0 Å². The summed E-state index contributed by atoms with van der Waals surface area (Å²) in [6.07, 6.45) is 2.13. The van der Waals surface area contributed by atoms with Gasteiger partial charge in [-0.05, 0) is 12.8 Å². The first kappa shape index (κ1) is 10.7. The Labute approximate surface area is 90.1 Å². The minimum Gasteiger partial charge on any atom is -0.378 e. The van der Waals surface area contributed by atoms with E-state index in [1.54, 1.807) is 0 Å². The molecule has 0 aromatic rings. The molecule has 0 aromatic heterocycles. The van der Waals surface area contributed by atoms with Crippen LogP contribution in [0.1, 0.15) is 12.8 Å². The summed E-state index contributed by atoms with van der Waals surface area (Å²) in [6, 6.07) is 0.395. The molecular weight excluding hydrogens is 194 g/mol. The van der Waals surface area contributed by atoms with Crippen molar-refractivity contribution in [3.05, 3.63) is 0 Å². The minimum atomic E-state index is 0.145. The number of ether oxygens (including phenoxy) is 1. The largest absolute Gasteiger partial charge is 0.378 e. The van der Waals surface area contributed by atoms with Crippen LogP contribution < -0.4 is 5.73 Å². The molecule has 2 heterocycles. The summed E-state index contributed by atoms with van der Waals surface area (Å²) in [5.74, 6) is 0. The zero-order valence-corrected chi connectivity index (χ0v) is 9.02. The van der Waals surface area contributed by atoms with E-state index in [9.17, 15) is 4.79 Å². The summed E-state index contributed by atoms with van der Waals surface area (Å²) in [5.41, 5.74) is 5.65. The summed E-state index contributed by atoms with van der Waals surface area (Å²) in [5, 5.41) is 0. The molecule has 0 aromatic carbocycles. The second-order valence-electron chi connectivity index (χ2n) is 4.11. The predicted octanol–water partition coefficient (Wildman–Crippen LogP) is -0.138. The van der Waals surface area contributed by atoms with Crippen LogP contribution in [0.3, 0.4) is 0 Å². The molecule has 1 atom stereocenters. The number of hydrogen-bond acceptors (Lipinski definition) is 3. The summed E-state index contributed by atoms with van der Waals surface area (Å²) in [4.78, 5) is 15.9. The fourth-order valence-electron chi connectivity index (χ4n) is 2.27. The fourth-order valence-corrected chi connectivity index (χ4v) is 2.27. The van der Waals surface area contributed by atoms with Crippen LogP contribution in [0.4, 0.5) is 4.79 Å². The molecule has 2 N–H and O–H groups in total. The van der Waals surface area contributed by atoms with Gasteiger partial charge < -0.3 is 20.3 Å². The third-order valence-electron chi connectivity index (χ3n) is 3.18. The van der Waals surface area contributed by atoms with Gasteiger partial charge >= 0.3 is 6.03 Å². The fraction of sp³-hybridized carbons (Fsp3) is 0.900. The second kappa shape index (κ2) is 4.81. The monoisotopic (exact) mass is 213 g/mol. The molecule has 1 unspecified atom stereocenters. The van der Waals surface area contributed by atoms with Crippen LogP contribution in [-0.4, -0.2) is 61.3 Å². The molecule has 2 amide bonds. The van der Waals surface area contributed by atoms with Crippen LogP contribution in [0.2, 0.25) is 0 Å². The van der Waals surface area contributed by atoms with Crippen LogP contribution in [0.5, 0.6) is 0 Å². The van der Waals surface area contributed by atoms with Crippen molar-refractivity contribution in [2.24, 2.45) is 5.73 Å². The Morgan fingerprint density at radius 3 is 2.73 bits per heavy atom. The molecule has 2 fully saturated rings. The molecule has 2 rings (SSSR count). The van der Waals surface area contributed by atoms with E-state index >= 15 is 0 Å². The minimum absolute atomic E-state index is 0.145. The zero-order chi connectivity index (χ0) is 10.7. The summed E-state index contributed by atoms with van der Waals surface area (Å²) < 4.78 is 5.23. The number of hydrogen-bond donors (Lipinski definition) is 1. The molecule has 0 spiro atoms. The van der Waals surface area contributed by atoms with Crippen LogP contribution in [0.15, 0.2) is 0 Å². The van der Waals surface area contributed by atoms with E-state index in [-0.39, 0.29) is 12.1 Å². The van der Waals surface area contributed by atoms with E-state index in [1.807, 2.05) is 9.80 Å². The molecule has 15 heavy (non-hydrogen) atoms. The van der Waals surface area contributed by atoms with Gasteiger partial charge in [-0.25, -0.2) is 4.79 Å². The lowest BCUT2D eigenvalue weighted by Gasteiger charge is -2.33. The molecule has 2 aliphatic heterocycles. The van der Waals surface area contributed by atoms with E-state index in [2.05, 4.69) is 0 Å². The van der Waals surface area contributed by atoms with Gasteiger partial charge in [0.1, 0.15) is 0 Å². The maximum atomic E-state index is 12.1. The highest BCUT2D eigenvalue weighted by Gasteiger charge is 2.31. The van der Waals surface area contributed by atoms with Gasteiger partial charge in [-0.15, -0.1) is 0 Å². The van der Waals surface area contributed by atoms with Crippen LogP contribution in [0.25, 0.3) is 0 Å². The van der Waals surface area contributed by atoms with Gasteiger partial charge in [-0.2, -0.15) is 0 Å². The molecule has 5 nitrogen and oxygen atoms in total. The first-order chi connectivity index (χ1) is 7.33. The standard InChI is InChI=1S/C10H19N3O2/c11-8-9-2-1-3-13(9)10(14)12-4-6-15-7-5-12/h9H,1-8,11H2. The normalized spacial score (nSPS) is 27.1. The average Bonchev–Trinajstić information content (AvgIpc) is 2.77. The van der Waals surface area contributed by atoms with Crippen molar-refractivity contribution < 1.29 is 9.53 Å². The third-order valence-corrected chi connectivity index (χ3v) is 3.18. The molecule has 2 aliphatic rings. The summed E-state index contributed by atoms with van der Waals surface area (Å²) >= 11 is 0. The number of nitrogens with two attached hydrogens (primary N) is 1. The van der Waals surface area contributed by atoms with Crippen molar-refractivity contribution in [1.82, 2.24) is 9.80 Å². The highest BCUT2D eigenvalue weighted by molar-refractivity contribution is 5.75. The van der Waals surface area contributed by atoms with Gasteiger partial charge in [0, 0.05) is 32.2 Å². The Hall–Kier alpha value is -0.810. The Bertz CT molecular complexity index is 229. The van der Waals surface area contributed by atoms with E-state index in [0.29, 0.717) is 32.8 Å². The van der Waals surface area contributed by atoms with Crippen molar-refractivity contribution in [1.29, 1.82) is 0 Å². The lowest BCUT2D eigenvalue weighted by atomic mass is 10.2. The molecule has 0 bridgehead atoms. The number of rotatable bonds is 1. The van der Waals surface area contributed by atoms with Crippen LogP contribution in [-0.2, 0) is 4.74 Å². The van der Waals surface area contributed by atoms with Crippen molar-refractivity contribution in [2.45, 2.75) is 18.9 Å². The number of carbonyl (C=O) groups excluding carboxylic acids is 1. The Morgan fingerprint density at radius 2 is 2.07 bits per heavy atom. The highest BCUT2D eigenvalue weighted by atomic mass is 16.5. The summed E-state index contributed by atoms with van der Waals surface area (Å²) in [6.45, 7) is 4.19. The van der Waals surface area contributed by atoms with Gasteiger partial charge in [0.05, 0.1) is 13.2 Å². The zero-order valence-electron chi connectivity index (χ0n) is 9.02. The molecule has 0 radical (unpaired) electrons. The smallest absolute Gasteiger partial charge is 0.320 e. The quantitative estimate of drug-likeness (QED) is 0.659. The number of likely N-dealkylation sites (tertiary alicyclic amines) is 1.